The molecular weight excluding hydrogens is 499 g/mol. The van der Waals surface area contributed by atoms with E-state index >= 15 is 4.39 Å². The Bertz CT molecular complexity index is 1420. The minimum atomic E-state index is -0.767. The number of hydroxylamine groups is 2. The number of halogens is 1. The maximum Gasteiger partial charge on any atom is 0.250 e. The summed E-state index contributed by atoms with van der Waals surface area (Å²) in [6, 6.07) is 10.2. The summed E-state index contributed by atoms with van der Waals surface area (Å²) in [7, 11) is 0. The molecule has 3 heterocycles. The number of nitrogens with zero attached hydrogens (tertiary/aromatic N) is 3. The highest BCUT2D eigenvalue weighted by Gasteiger charge is 2.49. The van der Waals surface area contributed by atoms with E-state index < -0.39 is 22.8 Å². The first-order valence-corrected chi connectivity index (χ1v) is 13.5. The molecule has 1 aromatic heterocycles. The summed E-state index contributed by atoms with van der Waals surface area (Å²) in [5.74, 6) is -1.49. The van der Waals surface area contributed by atoms with Crippen LogP contribution in [0.3, 0.4) is 0 Å². The van der Waals surface area contributed by atoms with Crippen LogP contribution >= 0.6 is 0 Å². The minimum absolute atomic E-state index is 0.0416. The fourth-order valence-electron chi connectivity index (χ4n) is 6.25. The fourth-order valence-corrected chi connectivity index (χ4v) is 6.25. The Balaban J connectivity index is 1.26. The number of piperidine rings is 1. The second-order valence-corrected chi connectivity index (χ2v) is 12.0. The molecule has 0 aliphatic carbocycles. The number of carbonyl (C=O) groups excluding carboxylic acids is 2. The number of fused-ring (bicyclic) bond motifs is 1. The molecular formula is C29H36FN6O3-. The predicted molar refractivity (Wildman–Crippen MR) is 148 cm³/mol. The number of hydrogen-bond donors (Lipinski definition) is 3. The van der Waals surface area contributed by atoms with E-state index in [4.69, 9.17) is 5.73 Å². The van der Waals surface area contributed by atoms with Crippen molar-refractivity contribution in [3.63, 3.8) is 0 Å². The van der Waals surface area contributed by atoms with Gasteiger partial charge in [0, 0.05) is 41.3 Å². The van der Waals surface area contributed by atoms with E-state index in [1.807, 2.05) is 33.8 Å². The molecule has 5 rings (SSSR count). The number of nitrogens with two attached hydrogens (primary N) is 1. The zero-order chi connectivity index (χ0) is 28.1. The van der Waals surface area contributed by atoms with Crippen molar-refractivity contribution >= 4 is 22.7 Å². The number of carbonyl (C=O) groups is 2. The summed E-state index contributed by atoms with van der Waals surface area (Å²) < 4.78 is 16.7. The first-order valence-electron chi connectivity index (χ1n) is 13.5. The molecule has 2 saturated heterocycles. The average molecular weight is 536 g/mol. The maximum absolute atomic E-state index is 15.3. The Kier molecular flexibility index (Phi) is 6.98. The third kappa shape index (κ3) is 5.04. The lowest BCUT2D eigenvalue weighted by atomic mass is 9.86. The molecule has 3 aromatic rings. The second-order valence-electron chi connectivity index (χ2n) is 12.0. The van der Waals surface area contributed by atoms with Gasteiger partial charge >= 0.3 is 0 Å². The van der Waals surface area contributed by atoms with Crippen molar-refractivity contribution in [1.82, 2.24) is 25.5 Å². The van der Waals surface area contributed by atoms with Gasteiger partial charge in [-0.05, 0) is 77.1 Å². The van der Waals surface area contributed by atoms with Crippen LogP contribution in [0.25, 0.3) is 16.6 Å². The molecule has 0 saturated carbocycles. The van der Waals surface area contributed by atoms with E-state index in [0.717, 1.165) is 29.9 Å². The molecule has 0 radical (unpaired) electrons. The summed E-state index contributed by atoms with van der Waals surface area (Å²) in [5, 5.41) is 25.5. The van der Waals surface area contributed by atoms with Crippen LogP contribution in [0.2, 0.25) is 0 Å². The molecule has 2 amide bonds. The molecule has 3 atom stereocenters. The number of benzene rings is 2. The van der Waals surface area contributed by atoms with Gasteiger partial charge in [0.2, 0.25) is 5.91 Å². The van der Waals surface area contributed by atoms with Crippen LogP contribution in [0, 0.1) is 16.9 Å². The van der Waals surface area contributed by atoms with E-state index in [2.05, 4.69) is 15.7 Å². The molecule has 3 unspecified atom stereocenters. The molecule has 0 bridgehead atoms. The van der Waals surface area contributed by atoms with Gasteiger partial charge in [0.05, 0.1) is 11.5 Å². The minimum Gasteiger partial charge on any atom is -0.784 e. The topological polar surface area (TPSA) is 128 Å². The van der Waals surface area contributed by atoms with Crippen LogP contribution in [-0.2, 0) is 4.79 Å². The van der Waals surface area contributed by atoms with Crippen LogP contribution in [0.15, 0.2) is 42.6 Å². The normalized spacial score (nSPS) is 24.6. The lowest BCUT2D eigenvalue weighted by Crippen LogP contribution is -2.50. The van der Waals surface area contributed by atoms with Crippen molar-refractivity contribution in [2.75, 3.05) is 6.54 Å². The van der Waals surface area contributed by atoms with Gasteiger partial charge < -0.3 is 26.6 Å². The van der Waals surface area contributed by atoms with Gasteiger partial charge in [-0.1, -0.05) is 18.2 Å². The van der Waals surface area contributed by atoms with E-state index in [9.17, 15) is 14.8 Å². The van der Waals surface area contributed by atoms with Crippen molar-refractivity contribution in [2.24, 2.45) is 11.7 Å². The molecule has 0 spiro atoms. The molecule has 39 heavy (non-hydrogen) atoms. The molecule has 2 aliphatic rings. The number of primary amides is 1. The van der Waals surface area contributed by atoms with Crippen LogP contribution in [0.4, 0.5) is 4.39 Å². The van der Waals surface area contributed by atoms with Crippen molar-refractivity contribution in [3.05, 3.63) is 64.7 Å². The van der Waals surface area contributed by atoms with E-state index in [1.54, 1.807) is 30.5 Å². The number of nitrogens with one attached hydrogen (secondary N) is 2. The number of amides is 2. The van der Waals surface area contributed by atoms with Gasteiger partial charge in [-0.3, -0.25) is 9.59 Å². The van der Waals surface area contributed by atoms with Gasteiger partial charge in [0.25, 0.3) is 5.91 Å². The van der Waals surface area contributed by atoms with E-state index in [0.29, 0.717) is 29.4 Å². The summed E-state index contributed by atoms with van der Waals surface area (Å²) >= 11 is 0. The van der Waals surface area contributed by atoms with E-state index in [-0.39, 0.29) is 29.6 Å². The highest BCUT2D eigenvalue weighted by Crippen LogP contribution is 2.44. The highest BCUT2D eigenvalue weighted by molar-refractivity contribution is 6.04. The number of hydrogen-bond acceptors (Lipinski definition) is 6. The van der Waals surface area contributed by atoms with Gasteiger partial charge in [0.1, 0.15) is 17.0 Å². The number of aromatic nitrogens is 2. The molecule has 2 aliphatic heterocycles. The standard InChI is InChI=1S/C29H36FN6O3/c1-28(2)14-21(29(3,4)36(28)39)27(38)32-15-19-8-6-10-23(33-19)17-11-12-24(22(30)13-17)35-16-18-7-5-9-20(26(31)37)25(18)34-35/h5,7,9,11-13,16,19,21,23,33H,6,8,10,14-15H2,1-4H3,(H2,31,37)(H,32,38)/q-1. The van der Waals surface area contributed by atoms with E-state index in [1.165, 1.54) is 10.7 Å². The maximum atomic E-state index is 15.3. The van der Waals surface area contributed by atoms with Gasteiger partial charge in [-0.2, -0.15) is 5.10 Å². The smallest absolute Gasteiger partial charge is 0.250 e. The lowest BCUT2D eigenvalue weighted by molar-refractivity contribution is -0.127. The Morgan fingerprint density at radius 1 is 1.21 bits per heavy atom. The van der Waals surface area contributed by atoms with Crippen LogP contribution in [0.5, 0.6) is 0 Å². The zero-order valence-corrected chi connectivity index (χ0v) is 22.8. The Labute approximate surface area is 227 Å². The second kappa shape index (κ2) is 10.0. The third-order valence-corrected chi connectivity index (χ3v) is 8.37. The highest BCUT2D eigenvalue weighted by atomic mass is 19.1. The molecule has 2 aromatic carbocycles. The van der Waals surface area contributed by atoms with Crippen LogP contribution in [0.1, 0.15) is 75.3 Å². The third-order valence-electron chi connectivity index (χ3n) is 8.37. The van der Waals surface area contributed by atoms with Gasteiger partial charge in [-0.15, -0.1) is 0 Å². The molecule has 2 fully saturated rings. The monoisotopic (exact) mass is 535 g/mol. The van der Waals surface area contributed by atoms with Crippen molar-refractivity contribution < 1.29 is 14.0 Å². The molecule has 10 heteroatoms. The Hall–Kier alpha value is -3.34. The first-order chi connectivity index (χ1) is 18.4. The molecule has 4 N–H and O–H groups in total. The van der Waals surface area contributed by atoms with Gasteiger partial charge in [0.15, 0.2) is 0 Å². The lowest BCUT2D eigenvalue weighted by Gasteiger charge is -2.47. The van der Waals surface area contributed by atoms with Crippen molar-refractivity contribution in [1.29, 1.82) is 0 Å². The predicted octanol–water partition coefficient (Wildman–Crippen LogP) is 3.94. The molecule has 9 nitrogen and oxygen atoms in total. The zero-order valence-electron chi connectivity index (χ0n) is 22.8. The Morgan fingerprint density at radius 2 is 1.97 bits per heavy atom. The van der Waals surface area contributed by atoms with Crippen molar-refractivity contribution in [2.45, 2.75) is 76.5 Å². The molecule has 208 valence electrons. The van der Waals surface area contributed by atoms with Crippen LogP contribution in [-0.4, -0.2) is 50.3 Å². The fraction of sp³-hybridized carbons (Fsp3) is 0.483. The summed E-state index contributed by atoms with van der Waals surface area (Å²) in [6.45, 7) is 7.85. The quantitative estimate of drug-likeness (QED) is 0.439. The van der Waals surface area contributed by atoms with Gasteiger partial charge in [-0.25, -0.2) is 9.07 Å². The average Bonchev–Trinajstić information content (AvgIpc) is 3.40. The SMILES string of the molecule is CC1(C)CC(C(=O)NCC2CCCC(c3ccc(-n4cc5cccc(C(N)=O)c5n4)c(F)c3)N2)C(C)(C)N1[O-]. The summed E-state index contributed by atoms with van der Waals surface area (Å²) in [5.41, 5.74) is 5.93. The summed E-state index contributed by atoms with van der Waals surface area (Å²) in [6.07, 6.45) is 4.88. The first kappa shape index (κ1) is 27.2. The van der Waals surface area contributed by atoms with Crippen molar-refractivity contribution in [3.8, 4) is 5.69 Å². The summed E-state index contributed by atoms with van der Waals surface area (Å²) in [4.78, 5) is 24.8. The van der Waals surface area contributed by atoms with Crippen LogP contribution < -0.4 is 16.4 Å². The largest absolute Gasteiger partial charge is 0.784 e. The Morgan fingerprint density at radius 3 is 2.64 bits per heavy atom. The number of rotatable bonds is 6.